The topological polar surface area (TPSA) is 61.7 Å². The molecule has 0 fully saturated rings. The molecule has 0 unspecified atom stereocenters. The first-order chi connectivity index (χ1) is 21.2. The van der Waals surface area contributed by atoms with E-state index in [0.717, 1.165) is 66.6 Å². The van der Waals surface area contributed by atoms with Gasteiger partial charge in [0.25, 0.3) is 0 Å². The molecular weight excluding hydrogens is 526 g/mol. The van der Waals surface area contributed by atoms with Gasteiger partial charge in [0.05, 0.1) is 47.1 Å². The third-order valence-electron chi connectivity index (χ3n) is 8.01. The summed E-state index contributed by atoms with van der Waals surface area (Å²) < 4.78 is 7.97. The molecule has 0 aliphatic rings. The van der Waals surface area contributed by atoms with E-state index in [1.54, 1.807) is 7.11 Å². The zero-order valence-electron chi connectivity index (χ0n) is 23.5. The third kappa shape index (κ3) is 4.49. The van der Waals surface area contributed by atoms with E-state index in [-0.39, 0.29) is 0 Å². The first-order valence-corrected chi connectivity index (χ1v) is 14.0. The fourth-order valence-corrected chi connectivity index (χ4v) is 5.90. The Morgan fingerprint density at radius 2 is 1.00 bits per heavy atom. The van der Waals surface area contributed by atoms with Crippen LogP contribution in [0.1, 0.15) is 11.1 Å². The Bertz CT molecular complexity index is 2230. The molecule has 0 aliphatic carbocycles. The molecule has 7 rings (SSSR count). The highest BCUT2D eigenvalue weighted by molar-refractivity contribution is 6.11. The number of hydrogen-bond donors (Lipinski definition) is 0. The molecule has 4 nitrogen and oxygen atoms in total. The highest BCUT2D eigenvalue weighted by Gasteiger charge is 2.18. The van der Waals surface area contributed by atoms with E-state index in [4.69, 9.17) is 4.74 Å². The van der Waals surface area contributed by atoms with Crippen LogP contribution in [-0.2, 0) is 0 Å². The van der Waals surface area contributed by atoms with E-state index in [1.807, 2.05) is 66.7 Å². The minimum absolute atomic E-state index is 0.638. The Balaban J connectivity index is 1.46. The maximum Gasteiger partial charge on any atom is 0.119 e. The molecule has 202 valence electrons. The van der Waals surface area contributed by atoms with Gasteiger partial charge in [0.1, 0.15) is 5.75 Å². The van der Waals surface area contributed by atoms with Crippen molar-refractivity contribution in [3.63, 3.8) is 0 Å². The number of methoxy groups -OCH3 is 1. The fourth-order valence-electron chi connectivity index (χ4n) is 5.90. The van der Waals surface area contributed by atoms with Gasteiger partial charge in [-0.05, 0) is 88.5 Å². The van der Waals surface area contributed by atoms with Crippen LogP contribution in [0.15, 0.2) is 133 Å². The van der Waals surface area contributed by atoms with Crippen molar-refractivity contribution in [3.8, 4) is 57.0 Å². The predicted octanol–water partition coefficient (Wildman–Crippen LogP) is 9.54. The van der Waals surface area contributed by atoms with Crippen LogP contribution in [0.2, 0.25) is 0 Å². The number of nitriles is 2. The molecule has 0 saturated carbocycles. The first-order valence-electron chi connectivity index (χ1n) is 14.0. The van der Waals surface area contributed by atoms with Gasteiger partial charge in [-0.15, -0.1) is 0 Å². The van der Waals surface area contributed by atoms with Gasteiger partial charge in [0, 0.05) is 16.3 Å². The monoisotopic (exact) mass is 551 g/mol. The van der Waals surface area contributed by atoms with Gasteiger partial charge < -0.3 is 9.30 Å². The summed E-state index contributed by atoms with van der Waals surface area (Å²) in [6, 6.07) is 49.5. The van der Waals surface area contributed by atoms with Crippen LogP contribution in [0.5, 0.6) is 5.75 Å². The van der Waals surface area contributed by atoms with Gasteiger partial charge in [-0.25, -0.2) is 0 Å². The van der Waals surface area contributed by atoms with Gasteiger partial charge in [-0.2, -0.15) is 10.5 Å². The summed E-state index contributed by atoms with van der Waals surface area (Å²) in [5, 5.41) is 20.8. The summed E-state index contributed by atoms with van der Waals surface area (Å²) >= 11 is 0. The van der Waals surface area contributed by atoms with E-state index in [0.29, 0.717) is 11.1 Å². The second-order valence-electron chi connectivity index (χ2n) is 10.4. The van der Waals surface area contributed by atoms with Crippen LogP contribution in [0, 0.1) is 22.7 Å². The summed E-state index contributed by atoms with van der Waals surface area (Å²) in [5.74, 6) is 0.801. The van der Waals surface area contributed by atoms with Crippen molar-refractivity contribution in [1.82, 2.24) is 4.57 Å². The Kier molecular flexibility index (Phi) is 6.44. The quantitative estimate of drug-likeness (QED) is 0.214. The second-order valence-corrected chi connectivity index (χ2v) is 10.4. The molecule has 0 aliphatic heterocycles. The highest BCUT2D eigenvalue weighted by Crippen LogP contribution is 2.40. The molecule has 0 bridgehead atoms. The van der Waals surface area contributed by atoms with Gasteiger partial charge in [-0.3, -0.25) is 0 Å². The Morgan fingerprint density at radius 3 is 1.60 bits per heavy atom. The van der Waals surface area contributed by atoms with Crippen LogP contribution in [-0.4, -0.2) is 11.7 Å². The molecule has 0 radical (unpaired) electrons. The Labute approximate surface area is 249 Å². The summed E-state index contributed by atoms with van der Waals surface area (Å²) in [7, 11) is 1.69. The highest BCUT2D eigenvalue weighted by atomic mass is 16.5. The standard InChI is InChI=1S/C39H25N3O/c1-43-31-19-21-39-36(23-31)35-22-30(33-7-3-2-6-32(33)28-14-10-26(24-40)11-15-28)18-20-38(35)42(39)37-9-5-4-8-34(37)29-16-12-27(25-41)13-17-29/h2-23H,1H3. The van der Waals surface area contributed by atoms with Crippen molar-refractivity contribution in [2.75, 3.05) is 7.11 Å². The molecule has 0 amide bonds. The van der Waals surface area contributed by atoms with E-state index in [1.165, 1.54) is 0 Å². The molecule has 0 N–H and O–H groups in total. The van der Waals surface area contributed by atoms with Crippen molar-refractivity contribution in [2.24, 2.45) is 0 Å². The summed E-state index contributed by atoms with van der Waals surface area (Å²) in [4.78, 5) is 0. The van der Waals surface area contributed by atoms with Crippen molar-refractivity contribution in [2.45, 2.75) is 0 Å². The number of aromatic nitrogens is 1. The molecule has 0 saturated heterocycles. The smallest absolute Gasteiger partial charge is 0.119 e. The van der Waals surface area contributed by atoms with Gasteiger partial charge >= 0.3 is 0 Å². The minimum Gasteiger partial charge on any atom is -0.497 e. The minimum atomic E-state index is 0.638. The summed E-state index contributed by atoms with van der Waals surface area (Å²) in [5.41, 5.74) is 11.0. The van der Waals surface area contributed by atoms with Gasteiger partial charge in [0.2, 0.25) is 0 Å². The number of hydrogen-bond acceptors (Lipinski definition) is 3. The SMILES string of the molecule is COc1ccc2c(c1)c1cc(-c3ccccc3-c3ccc(C#N)cc3)ccc1n2-c1ccccc1-c1ccc(C#N)cc1. The predicted molar refractivity (Wildman–Crippen MR) is 173 cm³/mol. The van der Waals surface area contributed by atoms with Gasteiger partial charge in [-0.1, -0.05) is 72.8 Å². The van der Waals surface area contributed by atoms with Gasteiger partial charge in [0.15, 0.2) is 0 Å². The summed E-state index contributed by atoms with van der Waals surface area (Å²) in [6.07, 6.45) is 0. The maximum atomic E-state index is 9.32. The number of rotatable bonds is 5. The van der Waals surface area contributed by atoms with Crippen molar-refractivity contribution in [3.05, 3.63) is 145 Å². The third-order valence-corrected chi connectivity index (χ3v) is 8.01. The Hall–Kier alpha value is -6.10. The molecule has 7 aromatic rings. The first kappa shape index (κ1) is 25.8. The molecular formula is C39H25N3O. The van der Waals surface area contributed by atoms with Crippen LogP contribution in [0.4, 0.5) is 0 Å². The number of fused-ring (bicyclic) bond motifs is 3. The lowest BCUT2D eigenvalue weighted by Gasteiger charge is -2.15. The largest absolute Gasteiger partial charge is 0.497 e. The number of benzene rings is 6. The van der Waals surface area contributed by atoms with Crippen molar-refractivity contribution in [1.29, 1.82) is 10.5 Å². The lowest BCUT2D eigenvalue weighted by molar-refractivity contribution is 0.415. The van der Waals surface area contributed by atoms with Crippen LogP contribution in [0.25, 0.3) is 60.9 Å². The molecule has 4 heteroatoms. The molecule has 43 heavy (non-hydrogen) atoms. The van der Waals surface area contributed by atoms with E-state index in [2.05, 4.69) is 83.4 Å². The van der Waals surface area contributed by atoms with Crippen molar-refractivity contribution < 1.29 is 4.74 Å². The normalized spacial score (nSPS) is 10.9. The molecule has 0 atom stereocenters. The number of nitrogens with zero attached hydrogens (tertiary/aromatic N) is 3. The van der Waals surface area contributed by atoms with E-state index < -0.39 is 0 Å². The van der Waals surface area contributed by atoms with Crippen LogP contribution in [0.3, 0.4) is 0 Å². The maximum absolute atomic E-state index is 9.32. The molecule has 0 spiro atoms. The van der Waals surface area contributed by atoms with Crippen molar-refractivity contribution >= 4 is 21.8 Å². The lowest BCUT2D eigenvalue weighted by Crippen LogP contribution is -1.97. The second kappa shape index (κ2) is 10.7. The van der Waals surface area contributed by atoms with Crippen LogP contribution < -0.4 is 4.74 Å². The van der Waals surface area contributed by atoms with E-state index >= 15 is 0 Å². The summed E-state index contributed by atoms with van der Waals surface area (Å²) in [6.45, 7) is 0. The van der Waals surface area contributed by atoms with E-state index in [9.17, 15) is 10.5 Å². The molecule has 1 heterocycles. The zero-order valence-corrected chi connectivity index (χ0v) is 23.5. The molecule has 1 aromatic heterocycles. The fraction of sp³-hybridized carbons (Fsp3) is 0.0256. The number of ether oxygens (including phenoxy) is 1. The lowest BCUT2D eigenvalue weighted by atomic mass is 9.93. The zero-order chi connectivity index (χ0) is 29.3. The Morgan fingerprint density at radius 1 is 0.512 bits per heavy atom. The average Bonchev–Trinajstić information content (AvgIpc) is 3.41. The van der Waals surface area contributed by atoms with Crippen LogP contribution >= 0.6 is 0 Å². The average molecular weight is 552 g/mol. The number of para-hydroxylation sites is 1. The molecule has 6 aromatic carbocycles.